The summed E-state index contributed by atoms with van der Waals surface area (Å²) in [6, 6.07) is 0.180. The molecule has 1 saturated carbocycles. The third-order valence-corrected chi connectivity index (χ3v) is 6.26. The van der Waals surface area contributed by atoms with Crippen LogP contribution < -0.4 is 5.73 Å². The Morgan fingerprint density at radius 2 is 1.95 bits per heavy atom. The Balaban J connectivity index is 0.00000220. The minimum absolute atomic E-state index is 0. The second kappa shape index (κ2) is 7.79. The predicted molar refractivity (Wildman–Crippen MR) is 86.2 cm³/mol. The fraction of sp³-hybridized carbons (Fsp3) is 0.929. The highest BCUT2D eigenvalue weighted by Gasteiger charge is 2.42. The van der Waals surface area contributed by atoms with Gasteiger partial charge in [0, 0.05) is 19.1 Å². The van der Waals surface area contributed by atoms with Crippen LogP contribution in [-0.4, -0.2) is 49.9 Å². The molecule has 3 unspecified atom stereocenters. The molecule has 0 aromatic heterocycles. The number of unbranched alkanes of at least 4 members (excludes halogenated alkanes) is 2. The number of fused-ring (bicyclic) bond motifs is 1. The zero-order valence-electron chi connectivity index (χ0n) is 12.7. The summed E-state index contributed by atoms with van der Waals surface area (Å²) in [4.78, 5) is 13.9. The molecule has 2 aliphatic rings. The van der Waals surface area contributed by atoms with E-state index in [1.807, 2.05) is 6.92 Å². The lowest BCUT2D eigenvalue weighted by molar-refractivity contribution is -0.127. The molecule has 0 radical (unpaired) electrons. The third-order valence-electron chi connectivity index (χ3n) is 4.67. The smallest absolute Gasteiger partial charge is 0.237 e. The van der Waals surface area contributed by atoms with Crippen molar-refractivity contribution in [2.75, 3.05) is 24.6 Å². The summed E-state index contributed by atoms with van der Waals surface area (Å²) in [7, 11) is -3.25. The van der Waals surface area contributed by atoms with E-state index >= 15 is 0 Å². The van der Waals surface area contributed by atoms with E-state index in [0.717, 1.165) is 25.7 Å². The van der Waals surface area contributed by atoms with Gasteiger partial charge in [-0.15, -0.1) is 12.4 Å². The van der Waals surface area contributed by atoms with Gasteiger partial charge in [-0.3, -0.25) is 4.79 Å². The number of nitrogens with two attached hydrogens (primary N) is 1. The Bertz CT molecular complexity index is 455. The number of nitrogens with zero attached hydrogens (tertiary/aromatic N) is 1. The molecule has 2 rings (SSSR count). The first-order valence-electron chi connectivity index (χ1n) is 7.66. The zero-order chi connectivity index (χ0) is 14.8. The molecule has 2 N–H and O–H groups in total. The van der Waals surface area contributed by atoms with Crippen LogP contribution in [0.15, 0.2) is 0 Å². The van der Waals surface area contributed by atoms with Gasteiger partial charge in [0.1, 0.15) is 5.75 Å². The molecule has 1 aliphatic carbocycles. The van der Waals surface area contributed by atoms with E-state index in [-0.39, 0.29) is 35.9 Å². The Kier molecular flexibility index (Phi) is 6.94. The van der Waals surface area contributed by atoms with Gasteiger partial charge in [-0.25, -0.2) is 8.42 Å². The largest absolute Gasteiger partial charge is 0.341 e. The van der Waals surface area contributed by atoms with Gasteiger partial charge in [0.15, 0.2) is 9.84 Å². The lowest BCUT2D eigenvalue weighted by Gasteiger charge is -2.18. The van der Waals surface area contributed by atoms with Gasteiger partial charge < -0.3 is 10.6 Å². The molecule has 124 valence electrons. The summed E-state index contributed by atoms with van der Waals surface area (Å²) in [5, 5.41) is 0. The van der Waals surface area contributed by atoms with Crippen molar-refractivity contribution in [1.29, 1.82) is 0 Å². The first-order chi connectivity index (χ1) is 9.43. The van der Waals surface area contributed by atoms with Gasteiger partial charge in [0.25, 0.3) is 0 Å². The Morgan fingerprint density at radius 1 is 1.24 bits per heavy atom. The van der Waals surface area contributed by atoms with Crippen LogP contribution >= 0.6 is 12.4 Å². The van der Waals surface area contributed by atoms with Gasteiger partial charge in [-0.1, -0.05) is 19.8 Å². The second-order valence-corrected chi connectivity index (χ2v) is 8.45. The molecule has 0 bridgehead atoms. The molecule has 5 nitrogen and oxygen atoms in total. The van der Waals surface area contributed by atoms with Crippen LogP contribution in [0.5, 0.6) is 0 Å². The Morgan fingerprint density at radius 3 is 2.57 bits per heavy atom. The van der Waals surface area contributed by atoms with E-state index < -0.39 is 9.84 Å². The number of halogens is 1. The number of hydrogen-bond donors (Lipinski definition) is 1. The highest BCUT2D eigenvalue weighted by atomic mass is 35.5. The highest BCUT2D eigenvalue weighted by Crippen LogP contribution is 2.37. The summed E-state index contributed by atoms with van der Waals surface area (Å²) in [6.45, 7) is 3.38. The van der Waals surface area contributed by atoms with E-state index in [1.54, 1.807) is 4.90 Å². The molecule has 0 aromatic carbocycles. The molecular formula is C14H27ClN2O3S. The molecule has 2 fully saturated rings. The molecule has 1 saturated heterocycles. The first kappa shape index (κ1) is 18.7. The lowest BCUT2D eigenvalue weighted by Crippen LogP contribution is -2.37. The van der Waals surface area contributed by atoms with Crippen molar-refractivity contribution in [3.63, 3.8) is 0 Å². The third kappa shape index (κ3) is 4.83. The second-order valence-electron chi connectivity index (χ2n) is 6.26. The van der Waals surface area contributed by atoms with Gasteiger partial charge in [0.05, 0.1) is 5.75 Å². The van der Waals surface area contributed by atoms with Gasteiger partial charge >= 0.3 is 0 Å². The predicted octanol–water partition coefficient (Wildman–Crippen LogP) is 1.21. The van der Waals surface area contributed by atoms with E-state index in [9.17, 15) is 13.2 Å². The number of carbonyl (C=O) groups excluding carboxylic acids is 1. The summed E-state index contributed by atoms with van der Waals surface area (Å²) in [5.74, 6) is 0.430. The Hall–Kier alpha value is -0.330. The maximum Gasteiger partial charge on any atom is 0.237 e. The van der Waals surface area contributed by atoms with Crippen LogP contribution in [0.25, 0.3) is 0 Å². The maximum absolute atomic E-state index is 12.1. The zero-order valence-corrected chi connectivity index (χ0v) is 14.3. The average molecular weight is 339 g/mol. The number of sulfone groups is 1. The SMILES string of the molecule is CCCCCS(=O)(=O)CC(=O)N1CC2CCC(N)C2C1.Cl. The minimum Gasteiger partial charge on any atom is -0.341 e. The number of hydrogen-bond acceptors (Lipinski definition) is 4. The molecule has 3 atom stereocenters. The first-order valence-corrected chi connectivity index (χ1v) is 9.49. The topological polar surface area (TPSA) is 80.5 Å². The van der Waals surface area contributed by atoms with Gasteiger partial charge in [0.2, 0.25) is 5.91 Å². The quantitative estimate of drug-likeness (QED) is 0.738. The molecule has 1 heterocycles. The van der Waals surface area contributed by atoms with Crippen molar-refractivity contribution >= 4 is 28.2 Å². The van der Waals surface area contributed by atoms with E-state index in [2.05, 4.69) is 0 Å². The van der Waals surface area contributed by atoms with Crippen LogP contribution in [0, 0.1) is 11.8 Å². The van der Waals surface area contributed by atoms with Crippen molar-refractivity contribution in [1.82, 2.24) is 4.90 Å². The van der Waals surface area contributed by atoms with Crippen LogP contribution in [0.4, 0.5) is 0 Å². The van der Waals surface area contributed by atoms with E-state index in [0.29, 0.717) is 31.3 Å². The van der Waals surface area contributed by atoms with Gasteiger partial charge in [-0.2, -0.15) is 0 Å². The van der Waals surface area contributed by atoms with Crippen LogP contribution in [0.2, 0.25) is 0 Å². The molecule has 21 heavy (non-hydrogen) atoms. The van der Waals surface area contributed by atoms with E-state index in [4.69, 9.17) is 5.73 Å². The number of likely N-dealkylation sites (tertiary alicyclic amines) is 1. The molecule has 0 aromatic rings. The van der Waals surface area contributed by atoms with E-state index in [1.165, 1.54) is 0 Å². The summed E-state index contributed by atoms with van der Waals surface area (Å²) in [5.41, 5.74) is 6.03. The normalized spacial score (nSPS) is 28.3. The summed E-state index contributed by atoms with van der Waals surface area (Å²) < 4.78 is 23.8. The van der Waals surface area contributed by atoms with Crippen molar-refractivity contribution < 1.29 is 13.2 Å². The number of amides is 1. The van der Waals surface area contributed by atoms with Crippen LogP contribution in [0.3, 0.4) is 0 Å². The van der Waals surface area contributed by atoms with Crippen LogP contribution in [0.1, 0.15) is 39.0 Å². The maximum atomic E-state index is 12.1. The van der Waals surface area contributed by atoms with Crippen molar-refractivity contribution in [3.8, 4) is 0 Å². The monoisotopic (exact) mass is 338 g/mol. The van der Waals surface area contributed by atoms with Crippen molar-refractivity contribution in [3.05, 3.63) is 0 Å². The lowest BCUT2D eigenvalue weighted by atomic mass is 9.98. The fourth-order valence-corrected chi connectivity index (χ4v) is 4.78. The van der Waals surface area contributed by atoms with Gasteiger partial charge in [-0.05, 0) is 31.1 Å². The van der Waals surface area contributed by atoms with Crippen molar-refractivity contribution in [2.45, 2.75) is 45.1 Å². The molecule has 1 amide bonds. The average Bonchev–Trinajstić information content (AvgIpc) is 2.92. The fourth-order valence-electron chi connectivity index (χ4n) is 3.43. The number of rotatable bonds is 6. The summed E-state index contributed by atoms with van der Waals surface area (Å²) >= 11 is 0. The molecular weight excluding hydrogens is 312 g/mol. The molecule has 0 spiro atoms. The van der Waals surface area contributed by atoms with Crippen molar-refractivity contribution in [2.24, 2.45) is 17.6 Å². The standard InChI is InChI=1S/C14H26N2O3S.ClH/c1-2-3-4-7-20(18,19)10-14(17)16-8-11-5-6-13(15)12(11)9-16;/h11-13H,2-10,15H2,1H3;1H. The highest BCUT2D eigenvalue weighted by molar-refractivity contribution is 7.92. The molecule has 1 aliphatic heterocycles. The summed E-state index contributed by atoms with van der Waals surface area (Å²) in [6.07, 6.45) is 4.64. The minimum atomic E-state index is -3.25. The molecule has 7 heteroatoms. The Labute approximate surface area is 134 Å². The van der Waals surface area contributed by atoms with Crippen LogP contribution in [-0.2, 0) is 14.6 Å². The number of carbonyl (C=O) groups is 1.